The second kappa shape index (κ2) is 4.61. The van der Waals surface area contributed by atoms with Crippen molar-refractivity contribution < 1.29 is 8.78 Å². The summed E-state index contributed by atoms with van der Waals surface area (Å²) in [5.41, 5.74) is 1.11. The highest BCUT2D eigenvalue weighted by atomic mass is 35.5. The molecule has 0 aliphatic heterocycles. The molecule has 2 aromatic rings. The van der Waals surface area contributed by atoms with Gasteiger partial charge in [0.2, 0.25) is 0 Å². The van der Waals surface area contributed by atoms with Crippen LogP contribution in [0.15, 0.2) is 30.6 Å². The Balaban J connectivity index is 2.22. The van der Waals surface area contributed by atoms with E-state index < -0.39 is 11.6 Å². The summed E-state index contributed by atoms with van der Waals surface area (Å²) in [6.45, 7) is 0.195. The van der Waals surface area contributed by atoms with Gasteiger partial charge in [-0.1, -0.05) is 0 Å². The topological polar surface area (TPSA) is 17.8 Å². The summed E-state index contributed by atoms with van der Waals surface area (Å²) < 4.78 is 27.7. The lowest BCUT2D eigenvalue weighted by molar-refractivity contribution is 0.566. The molecule has 0 unspecified atom stereocenters. The Bertz CT molecular complexity index is 496. The third kappa shape index (κ3) is 2.39. The number of aromatic nitrogens is 2. The van der Waals surface area contributed by atoms with Gasteiger partial charge in [0.05, 0.1) is 18.6 Å². The smallest absolute Gasteiger partial charge is 0.128 e. The summed E-state index contributed by atoms with van der Waals surface area (Å²) in [7, 11) is 0. The number of hydrogen-bond acceptors (Lipinski definition) is 1. The van der Waals surface area contributed by atoms with Crippen LogP contribution in [0.3, 0.4) is 0 Å². The first-order chi connectivity index (χ1) is 7.69. The van der Waals surface area contributed by atoms with E-state index in [2.05, 4.69) is 5.10 Å². The quantitative estimate of drug-likeness (QED) is 0.757. The maximum absolute atomic E-state index is 13.3. The van der Waals surface area contributed by atoms with Gasteiger partial charge in [-0.25, -0.2) is 8.78 Å². The zero-order valence-electron chi connectivity index (χ0n) is 8.33. The van der Waals surface area contributed by atoms with Crippen LogP contribution >= 0.6 is 11.6 Å². The molecule has 0 N–H and O–H groups in total. The van der Waals surface area contributed by atoms with Gasteiger partial charge in [-0.3, -0.25) is 4.68 Å². The van der Waals surface area contributed by atoms with E-state index in [4.69, 9.17) is 11.6 Å². The van der Waals surface area contributed by atoms with Crippen LogP contribution in [0.25, 0.3) is 0 Å². The number of hydrogen-bond donors (Lipinski definition) is 0. The standard InChI is InChI=1S/C11H9ClF2N2/c12-4-8-5-15-16(6-8)7-9-3-10(13)1-2-11(9)14/h1-3,5-6H,4,7H2. The highest BCUT2D eigenvalue weighted by molar-refractivity contribution is 6.17. The molecule has 0 saturated carbocycles. The molecule has 0 atom stereocenters. The van der Waals surface area contributed by atoms with E-state index >= 15 is 0 Å². The Morgan fingerprint density at radius 1 is 1.31 bits per heavy atom. The molecular weight excluding hydrogens is 234 g/mol. The zero-order valence-corrected chi connectivity index (χ0v) is 9.09. The summed E-state index contributed by atoms with van der Waals surface area (Å²) in [6, 6.07) is 3.36. The predicted octanol–water partition coefficient (Wildman–Crippen LogP) is 2.95. The van der Waals surface area contributed by atoms with Crippen molar-refractivity contribution in [1.82, 2.24) is 9.78 Å². The SMILES string of the molecule is Fc1ccc(F)c(Cn2cc(CCl)cn2)c1. The van der Waals surface area contributed by atoms with E-state index in [9.17, 15) is 8.78 Å². The Kier molecular flexibility index (Phi) is 3.19. The first-order valence-corrected chi connectivity index (χ1v) is 5.23. The fourth-order valence-corrected chi connectivity index (χ4v) is 1.54. The summed E-state index contributed by atoms with van der Waals surface area (Å²) >= 11 is 5.61. The summed E-state index contributed by atoms with van der Waals surface area (Å²) in [5.74, 6) is -0.545. The summed E-state index contributed by atoms with van der Waals surface area (Å²) in [6.07, 6.45) is 3.31. The van der Waals surface area contributed by atoms with Crippen LogP contribution in [0.2, 0.25) is 0 Å². The van der Waals surface area contributed by atoms with E-state index in [1.807, 2.05) is 0 Å². The van der Waals surface area contributed by atoms with Crippen molar-refractivity contribution in [3.8, 4) is 0 Å². The number of nitrogens with zero attached hydrogens (tertiary/aromatic N) is 2. The van der Waals surface area contributed by atoms with Gasteiger partial charge in [0.1, 0.15) is 11.6 Å². The number of benzene rings is 1. The van der Waals surface area contributed by atoms with E-state index in [1.165, 1.54) is 4.68 Å². The van der Waals surface area contributed by atoms with Crippen LogP contribution in [0.5, 0.6) is 0 Å². The second-order valence-corrected chi connectivity index (χ2v) is 3.68. The van der Waals surface area contributed by atoms with Crippen LogP contribution in [0.1, 0.15) is 11.1 Å². The first-order valence-electron chi connectivity index (χ1n) is 4.70. The van der Waals surface area contributed by atoms with Crippen LogP contribution in [0, 0.1) is 11.6 Å². The second-order valence-electron chi connectivity index (χ2n) is 3.42. The normalized spacial score (nSPS) is 10.7. The number of rotatable bonds is 3. The van der Waals surface area contributed by atoms with Gasteiger partial charge in [-0.2, -0.15) is 5.10 Å². The van der Waals surface area contributed by atoms with Gasteiger partial charge >= 0.3 is 0 Å². The highest BCUT2D eigenvalue weighted by Crippen LogP contribution is 2.12. The van der Waals surface area contributed by atoms with Crippen molar-refractivity contribution >= 4 is 11.6 Å². The lowest BCUT2D eigenvalue weighted by Crippen LogP contribution is -2.02. The highest BCUT2D eigenvalue weighted by Gasteiger charge is 2.05. The van der Waals surface area contributed by atoms with Gasteiger partial charge in [0, 0.05) is 17.3 Å². The lowest BCUT2D eigenvalue weighted by Gasteiger charge is -2.03. The molecule has 0 aliphatic rings. The maximum Gasteiger partial charge on any atom is 0.128 e. The monoisotopic (exact) mass is 242 g/mol. The third-order valence-electron chi connectivity index (χ3n) is 2.18. The molecule has 84 valence electrons. The van der Waals surface area contributed by atoms with E-state index in [0.29, 0.717) is 5.88 Å². The molecular formula is C11H9ClF2N2. The fourth-order valence-electron chi connectivity index (χ4n) is 1.40. The third-order valence-corrected chi connectivity index (χ3v) is 2.49. The van der Waals surface area contributed by atoms with Gasteiger partial charge in [-0.15, -0.1) is 11.6 Å². The molecule has 1 aromatic carbocycles. The van der Waals surface area contributed by atoms with Gasteiger partial charge in [-0.05, 0) is 18.2 Å². The molecule has 0 saturated heterocycles. The molecule has 1 aromatic heterocycles. The minimum absolute atomic E-state index is 0.195. The fraction of sp³-hybridized carbons (Fsp3) is 0.182. The first kappa shape index (κ1) is 11.1. The largest absolute Gasteiger partial charge is 0.268 e. The lowest BCUT2D eigenvalue weighted by atomic mass is 10.2. The van der Waals surface area contributed by atoms with Gasteiger partial charge in [0.15, 0.2) is 0 Å². The predicted molar refractivity (Wildman–Crippen MR) is 57.2 cm³/mol. The Hall–Kier alpha value is -1.42. The molecule has 0 fully saturated rings. The summed E-state index contributed by atoms with van der Waals surface area (Å²) in [4.78, 5) is 0. The molecule has 0 amide bonds. The average molecular weight is 243 g/mol. The van der Waals surface area contributed by atoms with Crippen LogP contribution in [0.4, 0.5) is 8.78 Å². The van der Waals surface area contributed by atoms with Crippen molar-refractivity contribution in [2.75, 3.05) is 0 Å². The minimum Gasteiger partial charge on any atom is -0.268 e. The molecule has 0 bridgehead atoms. The van der Waals surface area contributed by atoms with Crippen molar-refractivity contribution in [1.29, 1.82) is 0 Å². The Labute approximate surface area is 96.5 Å². The van der Waals surface area contributed by atoms with Crippen LogP contribution in [-0.4, -0.2) is 9.78 Å². The number of alkyl halides is 1. The maximum atomic E-state index is 13.3. The van der Waals surface area contributed by atoms with Crippen molar-refractivity contribution in [3.05, 3.63) is 53.4 Å². The zero-order chi connectivity index (χ0) is 11.5. The molecule has 1 heterocycles. The number of halogens is 3. The van der Waals surface area contributed by atoms with Crippen LogP contribution in [-0.2, 0) is 12.4 Å². The van der Waals surface area contributed by atoms with E-state index in [-0.39, 0.29) is 12.1 Å². The molecule has 2 rings (SSSR count). The van der Waals surface area contributed by atoms with Gasteiger partial charge < -0.3 is 0 Å². The molecule has 16 heavy (non-hydrogen) atoms. The Morgan fingerprint density at radius 2 is 2.12 bits per heavy atom. The summed E-state index contributed by atoms with van der Waals surface area (Å²) in [5, 5.41) is 4.00. The molecule has 2 nitrogen and oxygen atoms in total. The van der Waals surface area contributed by atoms with Crippen molar-refractivity contribution in [3.63, 3.8) is 0 Å². The van der Waals surface area contributed by atoms with Crippen LogP contribution < -0.4 is 0 Å². The Morgan fingerprint density at radius 3 is 2.81 bits per heavy atom. The molecule has 5 heteroatoms. The molecule has 0 aliphatic carbocycles. The van der Waals surface area contributed by atoms with Crippen molar-refractivity contribution in [2.24, 2.45) is 0 Å². The minimum atomic E-state index is -0.457. The van der Waals surface area contributed by atoms with E-state index in [0.717, 1.165) is 23.8 Å². The molecule has 0 radical (unpaired) electrons. The average Bonchev–Trinajstić information content (AvgIpc) is 2.71. The van der Waals surface area contributed by atoms with Gasteiger partial charge in [0.25, 0.3) is 0 Å². The molecule has 0 spiro atoms. The van der Waals surface area contributed by atoms with Crippen molar-refractivity contribution in [2.45, 2.75) is 12.4 Å². The van der Waals surface area contributed by atoms with E-state index in [1.54, 1.807) is 12.4 Å².